The molecule has 2 heterocycles. The molecule has 0 aliphatic carbocycles. The van der Waals surface area contributed by atoms with Crippen LogP contribution < -0.4 is 5.32 Å². The van der Waals surface area contributed by atoms with Crippen molar-refractivity contribution in [2.75, 3.05) is 26.2 Å². The second-order valence-corrected chi connectivity index (χ2v) is 7.66. The van der Waals surface area contributed by atoms with E-state index in [0.717, 1.165) is 39.9 Å². The Hall–Kier alpha value is -0.460. The van der Waals surface area contributed by atoms with Crippen LogP contribution in [0, 0.1) is 5.82 Å². The fraction of sp³-hybridized carbons (Fsp3) is 0.333. The first-order chi connectivity index (χ1) is 10.1. The minimum atomic E-state index is -0.175. The van der Waals surface area contributed by atoms with Crippen molar-refractivity contribution in [3.05, 3.63) is 55.4 Å². The van der Waals surface area contributed by atoms with E-state index in [-0.39, 0.29) is 11.9 Å². The smallest absolute Gasteiger partial charge is 0.128 e. The predicted molar refractivity (Wildman–Crippen MR) is 89.7 cm³/mol. The van der Waals surface area contributed by atoms with Gasteiger partial charge < -0.3 is 5.32 Å². The highest BCUT2D eigenvalue weighted by molar-refractivity contribution is 9.10. The minimum Gasteiger partial charge on any atom is -0.314 e. The van der Waals surface area contributed by atoms with E-state index in [1.54, 1.807) is 6.07 Å². The van der Waals surface area contributed by atoms with Gasteiger partial charge in [0.05, 0.1) is 10.4 Å². The van der Waals surface area contributed by atoms with E-state index >= 15 is 0 Å². The molecule has 0 spiro atoms. The number of rotatable bonds is 3. The van der Waals surface area contributed by atoms with Gasteiger partial charge in [0.1, 0.15) is 5.82 Å². The summed E-state index contributed by atoms with van der Waals surface area (Å²) in [7, 11) is 0. The molecule has 2 aromatic rings. The monoisotopic (exact) mass is 388 g/mol. The minimum absolute atomic E-state index is 0.0814. The Morgan fingerprint density at radius 1 is 1.24 bits per heavy atom. The van der Waals surface area contributed by atoms with Gasteiger partial charge in [-0.1, -0.05) is 27.5 Å². The number of hydrogen-bond donors (Lipinski definition) is 1. The first kappa shape index (κ1) is 15.4. The Kier molecular flexibility index (Phi) is 4.96. The summed E-state index contributed by atoms with van der Waals surface area (Å²) in [6.45, 7) is 3.63. The third kappa shape index (κ3) is 3.48. The Balaban J connectivity index is 2.04. The van der Waals surface area contributed by atoms with E-state index in [9.17, 15) is 4.39 Å². The van der Waals surface area contributed by atoms with E-state index in [1.807, 2.05) is 18.2 Å². The van der Waals surface area contributed by atoms with Gasteiger partial charge in [-0.25, -0.2) is 4.39 Å². The second-order valence-electron chi connectivity index (χ2n) is 5.00. The molecular weight excluding hydrogens is 375 g/mol. The number of piperazine rings is 1. The molecular formula is C15H15BrClFN2S. The zero-order valence-corrected chi connectivity index (χ0v) is 14.4. The first-order valence-corrected chi connectivity index (χ1v) is 8.79. The molecule has 3 rings (SSSR count). The van der Waals surface area contributed by atoms with Crippen LogP contribution in [0.25, 0.3) is 0 Å². The maximum Gasteiger partial charge on any atom is 0.128 e. The molecule has 0 unspecified atom stereocenters. The Morgan fingerprint density at radius 2 is 2.00 bits per heavy atom. The normalized spacial score (nSPS) is 17.9. The molecule has 6 heteroatoms. The highest BCUT2D eigenvalue weighted by Crippen LogP contribution is 2.37. The number of halogens is 3. The molecule has 2 nitrogen and oxygen atoms in total. The molecule has 1 saturated heterocycles. The van der Waals surface area contributed by atoms with E-state index < -0.39 is 0 Å². The lowest BCUT2D eigenvalue weighted by atomic mass is 10.0. The van der Waals surface area contributed by atoms with Crippen LogP contribution in [0.1, 0.15) is 16.5 Å². The summed E-state index contributed by atoms with van der Waals surface area (Å²) >= 11 is 11.1. The zero-order valence-electron chi connectivity index (χ0n) is 11.3. The Bertz CT molecular complexity index is 628. The third-order valence-electron chi connectivity index (χ3n) is 3.63. The van der Waals surface area contributed by atoms with Crippen LogP contribution in [-0.2, 0) is 0 Å². The molecule has 1 fully saturated rings. The molecule has 112 valence electrons. The van der Waals surface area contributed by atoms with Crippen molar-refractivity contribution in [2.24, 2.45) is 0 Å². The highest BCUT2D eigenvalue weighted by Gasteiger charge is 2.27. The highest BCUT2D eigenvalue weighted by atomic mass is 79.9. The lowest BCUT2D eigenvalue weighted by Crippen LogP contribution is -2.45. The average Bonchev–Trinajstić information content (AvgIpc) is 2.90. The van der Waals surface area contributed by atoms with Crippen molar-refractivity contribution in [2.45, 2.75) is 6.04 Å². The van der Waals surface area contributed by atoms with E-state index in [2.05, 4.69) is 26.1 Å². The van der Waals surface area contributed by atoms with Crippen LogP contribution in [-0.4, -0.2) is 31.1 Å². The summed E-state index contributed by atoms with van der Waals surface area (Å²) in [6.07, 6.45) is 0. The number of benzene rings is 1. The summed E-state index contributed by atoms with van der Waals surface area (Å²) in [4.78, 5) is 3.39. The van der Waals surface area contributed by atoms with Crippen LogP contribution in [0.4, 0.5) is 4.39 Å². The maximum atomic E-state index is 14.4. The van der Waals surface area contributed by atoms with Gasteiger partial charge in [-0.3, -0.25) is 4.90 Å². The van der Waals surface area contributed by atoms with Crippen molar-refractivity contribution < 1.29 is 4.39 Å². The molecule has 0 saturated carbocycles. The predicted octanol–water partition coefficient (Wildman–Crippen LogP) is 4.30. The van der Waals surface area contributed by atoms with Crippen LogP contribution in [0.3, 0.4) is 0 Å². The summed E-state index contributed by atoms with van der Waals surface area (Å²) in [6, 6.07) is 8.92. The lowest BCUT2D eigenvalue weighted by molar-refractivity contribution is 0.197. The summed E-state index contributed by atoms with van der Waals surface area (Å²) in [5.41, 5.74) is 0.699. The van der Waals surface area contributed by atoms with Crippen molar-refractivity contribution in [3.63, 3.8) is 0 Å². The van der Waals surface area contributed by atoms with Gasteiger partial charge in [0.15, 0.2) is 0 Å². The van der Waals surface area contributed by atoms with E-state index in [1.165, 1.54) is 17.4 Å². The van der Waals surface area contributed by atoms with Crippen molar-refractivity contribution in [1.82, 2.24) is 10.2 Å². The van der Waals surface area contributed by atoms with E-state index in [4.69, 9.17) is 11.6 Å². The van der Waals surface area contributed by atoms with Gasteiger partial charge in [0.25, 0.3) is 0 Å². The van der Waals surface area contributed by atoms with Crippen LogP contribution >= 0.6 is 38.9 Å². The quantitative estimate of drug-likeness (QED) is 0.842. The molecule has 0 radical (unpaired) electrons. The number of thiophene rings is 1. The number of nitrogens with one attached hydrogen (secondary N) is 1. The van der Waals surface area contributed by atoms with Gasteiger partial charge in [0, 0.05) is 41.1 Å². The average molecular weight is 390 g/mol. The summed E-state index contributed by atoms with van der Waals surface area (Å²) in [5, 5.41) is 3.34. The molecule has 1 aromatic carbocycles. The third-order valence-corrected chi connectivity index (χ3v) is 5.41. The number of nitrogens with zero attached hydrogens (tertiary/aromatic N) is 1. The Morgan fingerprint density at radius 3 is 2.67 bits per heavy atom. The SMILES string of the molecule is Fc1ccc(Br)cc1[C@H](c1ccc(Cl)s1)N1CCNCC1. The topological polar surface area (TPSA) is 15.3 Å². The van der Waals surface area contributed by atoms with Gasteiger partial charge >= 0.3 is 0 Å². The molecule has 0 bridgehead atoms. The fourth-order valence-corrected chi connectivity index (χ4v) is 4.26. The lowest BCUT2D eigenvalue weighted by Gasteiger charge is -2.35. The van der Waals surface area contributed by atoms with Gasteiger partial charge in [-0.2, -0.15) is 0 Å². The van der Waals surface area contributed by atoms with Gasteiger partial charge in [0.2, 0.25) is 0 Å². The number of hydrogen-bond acceptors (Lipinski definition) is 3. The zero-order chi connectivity index (χ0) is 14.8. The molecule has 21 heavy (non-hydrogen) atoms. The van der Waals surface area contributed by atoms with Crippen molar-refractivity contribution in [1.29, 1.82) is 0 Å². The van der Waals surface area contributed by atoms with E-state index in [0.29, 0.717) is 5.56 Å². The molecule has 1 N–H and O–H groups in total. The Labute approximate surface area is 141 Å². The van der Waals surface area contributed by atoms with Crippen LogP contribution in [0.5, 0.6) is 0 Å². The second kappa shape index (κ2) is 6.75. The van der Waals surface area contributed by atoms with Gasteiger partial charge in [-0.05, 0) is 30.3 Å². The van der Waals surface area contributed by atoms with Gasteiger partial charge in [-0.15, -0.1) is 11.3 Å². The van der Waals surface area contributed by atoms with Crippen LogP contribution in [0.2, 0.25) is 4.34 Å². The largest absolute Gasteiger partial charge is 0.314 e. The fourth-order valence-electron chi connectivity index (χ4n) is 2.67. The molecule has 1 atom stereocenters. The molecule has 1 aliphatic heterocycles. The molecule has 0 amide bonds. The van der Waals surface area contributed by atoms with Crippen molar-refractivity contribution in [3.8, 4) is 0 Å². The van der Waals surface area contributed by atoms with Crippen molar-refractivity contribution >= 4 is 38.9 Å². The summed E-state index contributed by atoms with van der Waals surface area (Å²) in [5.74, 6) is -0.175. The maximum absolute atomic E-state index is 14.4. The summed E-state index contributed by atoms with van der Waals surface area (Å²) < 4.78 is 16.0. The standard InChI is InChI=1S/C15H15BrClFN2S/c16-10-1-2-12(18)11(9-10)15(13-3-4-14(17)21-13)20-7-5-19-6-8-20/h1-4,9,15,19H,5-8H2/t15-/m1/s1. The molecule has 1 aliphatic rings. The van der Waals surface area contributed by atoms with Crippen LogP contribution in [0.15, 0.2) is 34.8 Å². The first-order valence-electron chi connectivity index (χ1n) is 6.80. The molecule has 1 aromatic heterocycles.